The number of aromatic nitrogens is 1. The van der Waals surface area contributed by atoms with Crippen molar-refractivity contribution in [3.63, 3.8) is 0 Å². The molecular formula is C8H12FN2Sn. The molecular weight excluding hydrogens is 262 g/mol. The molecule has 0 aliphatic heterocycles. The van der Waals surface area contributed by atoms with Crippen LogP contribution < -0.4 is 3.71 Å². The van der Waals surface area contributed by atoms with Crippen molar-refractivity contribution in [3.05, 3.63) is 24.1 Å². The maximum atomic E-state index is 12.0. The van der Waals surface area contributed by atoms with E-state index in [-0.39, 0.29) is 5.82 Å². The first-order chi connectivity index (χ1) is 5.52. The van der Waals surface area contributed by atoms with Crippen molar-refractivity contribution >= 4 is 26.2 Å². The number of nitrogens with zero attached hydrogens (tertiary/aromatic N) is 2. The second kappa shape index (κ2) is 6.37. The average Bonchev–Trinajstić information content (AvgIpc) is 1.94. The van der Waals surface area contributed by atoms with Gasteiger partial charge in [0.15, 0.2) is 0 Å². The second-order valence-corrected chi connectivity index (χ2v) is 4.17. The van der Waals surface area contributed by atoms with E-state index in [2.05, 4.69) is 4.98 Å². The van der Waals surface area contributed by atoms with E-state index >= 15 is 0 Å². The third kappa shape index (κ3) is 7.94. The minimum atomic E-state index is -0.267. The summed E-state index contributed by atoms with van der Waals surface area (Å²) in [6.07, 6.45) is 1.23. The van der Waals surface area contributed by atoms with Gasteiger partial charge in [-0.2, -0.15) is 0 Å². The van der Waals surface area contributed by atoms with Crippen LogP contribution in [0.15, 0.2) is 18.3 Å². The maximum absolute atomic E-state index is 12.0. The molecule has 65 valence electrons. The molecule has 0 saturated heterocycles. The Morgan fingerprint density at radius 2 is 1.83 bits per heavy atom. The van der Waals surface area contributed by atoms with Gasteiger partial charge in [0.2, 0.25) is 0 Å². The summed E-state index contributed by atoms with van der Waals surface area (Å²) in [7, 11) is 6.00. The van der Waals surface area contributed by atoms with Crippen LogP contribution >= 0.6 is 0 Å². The molecule has 0 aliphatic carbocycles. The topological polar surface area (TPSA) is 16.1 Å². The standard InChI is InChI=1S/C5H3FN.C3H9N.Sn/c6-5-2-1-3-7-4-5;1-4(2)3;/h1-2,4H;1-3H3;. The first-order valence-electron chi connectivity index (χ1n) is 3.46. The van der Waals surface area contributed by atoms with Crippen molar-refractivity contribution in [1.82, 2.24) is 9.88 Å². The summed E-state index contributed by atoms with van der Waals surface area (Å²) in [5, 5.41) is 0. The molecule has 1 heterocycles. The van der Waals surface area contributed by atoms with E-state index in [1.807, 2.05) is 26.0 Å². The van der Waals surface area contributed by atoms with Gasteiger partial charge in [-0.3, -0.25) is 0 Å². The van der Waals surface area contributed by atoms with E-state index in [1.54, 1.807) is 6.07 Å². The van der Waals surface area contributed by atoms with E-state index in [9.17, 15) is 4.39 Å². The molecule has 2 nitrogen and oxygen atoms in total. The van der Waals surface area contributed by atoms with Gasteiger partial charge < -0.3 is 4.90 Å². The van der Waals surface area contributed by atoms with Crippen molar-refractivity contribution in [2.75, 3.05) is 21.1 Å². The summed E-state index contributed by atoms with van der Waals surface area (Å²) in [5.41, 5.74) is 0. The Hall–Kier alpha value is -0.161. The molecule has 0 spiro atoms. The molecule has 0 aromatic carbocycles. The molecule has 0 aliphatic rings. The van der Waals surface area contributed by atoms with E-state index in [0.717, 1.165) is 3.71 Å². The van der Waals surface area contributed by atoms with Gasteiger partial charge >= 0.3 is 59.8 Å². The second-order valence-electron chi connectivity index (χ2n) is 2.70. The molecule has 0 bridgehead atoms. The van der Waals surface area contributed by atoms with Gasteiger partial charge in [-0.25, -0.2) is 0 Å². The predicted molar refractivity (Wildman–Crippen MR) is 49.2 cm³/mol. The Morgan fingerprint density at radius 3 is 2.08 bits per heavy atom. The molecule has 1 aromatic rings. The third-order valence-electron chi connectivity index (χ3n) is 0.727. The van der Waals surface area contributed by atoms with Gasteiger partial charge in [0.05, 0.1) is 0 Å². The quantitative estimate of drug-likeness (QED) is 0.628. The molecule has 4 heteroatoms. The Bertz CT molecular complexity index is 187. The van der Waals surface area contributed by atoms with Crippen molar-refractivity contribution < 1.29 is 4.39 Å². The molecule has 0 atom stereocenters. The van der Waals surface area contributed by atoms with Crippen LogP contribution in [0.2, 0.25) is 0 Å². The minimum absolute atomic E-state index is 0.267. The molecule has 0 N–H and O–H groups in total. The van der Waals surface area contributed by atoms with Crippen LogP contribution in [0.1, 0.15) is 0 Å². The number of rotatable bonds is 0. The van der Waals surface area contributed by atoms with Crippen LogP contribution in [0, 0.1) is 5.82 Å². The molecule has 12 heavy (non-hydrogen) atoms. The Labute approximate surface area is 85.9 Å². The summed E-state index contributed by atoms with van der Waals surface area (Å²) in [6.45, 7) is 0. The van der Waals surface area contributed by atoms with Gasteiger partial charge in [-0.05, 0) is 21.1 Å². The van der Waals surface area contributed by atoms with Crippen LogP contribution in [0.4, 0.5) is 4.39 Å². The SMILES string of the molecule is CN(C)C.Fc1cc[c]([Sn])nc1. The van der Waals surface area contributed by atoms with Crippen LogP contribution in [0.3, 0.4) is 0 Å². The summed E-state index contributed by atoms with van der Waals surface area (Å²) in [5.74, 6) is -0.267. The first-order valence-corrected chi connectivity index (χ1v) is 4.89. The summed E-state index contributed by atoms with van der Waals surface area (Å²) >= 11 is 1.22. The third-order valence-corrected chi connectivity index (χ3v) is 1.57. The summed E-state index contributed by atoms with van der Waals surface area (Å²) < 4.78 is 13.0. The Morgan fingerprint density at radius 1 is 1.33 bits per heavy atom. The fourth-order valence-corrected chi connectivity index (χ4v) is 0.798. The number of halogens is 1. The van der Waals surface area contributed by atoms with Gasteiger partial charge in [0.25, 0.3) is 0 Å². The van der Waals surface area contributed by atoms with Crippen LogP contribution in [-0.4, -0.2) is 53.6 Å². The van der Waals surface area contributed by atoms with Crippen molar-refractivity contribution in [1.29, 1.82) is 0 Å². The summed E-state index contributed by atoms with van der Waals surface area (Å²) in [4.78, 5) is 5.74. The molecule has 3 radical (unpaired) electrons. The fraction of sp³-hybridized carbons (Fsp3) is 0.375. The molecule has 0 fully saturated rings. The number of hydrogen-bond acceptors (Lipinski definition) is 2. The van der Waals surface area contributed by atoms with E-state index in [1.165, 1.54) is 34.8 Å². The van der Waals surface area contributed by atoms with Crippen molar-refractivity contribution in [2.45, 2.75) is 0 Å². The number of hydrogen-bond donors (Lipinski definition) is 0. The van der Waals surface area contributed by atoms with Gasteiger partial charge in [-0.15, -0.1) is 0 Å². The van der Waals surface area contributed by atoms with Crippen LogP contribution in [0.25, 0.3) is 0 Å². The fourth-order valence-electron chi connectivity index (χ4n) is 0.376. The van der Waals surface area contributed by atoms with E-state index in [4.69, 9.17) is 0 Å². The zero-order chi connectivity index (χ0) is 9.56. The zero-order valence-electron chi connectivity index (χ0n) is 7.50. The molecule has 0 amide bonds. The molecule has 0 saturated carbocycles. The van der Waals surface area contributed by atoms with Gasteiger partial charge in [0.1, 0.15) is 0 Å². The van der Waals surface area contributed by atoms with E-state index in [0.29, 0.717) is 0 Å². The summed E-state index contributed by atoms with van der Waals surface area (Å²) in [6, 6.07) is 3.09. The predicted octanol–water partition coefficient (Wildman–Crippen LogP) is 0.192. The Kier molecular flexibility index (Phi) is 6.28. The Balaban J connectivity index is 0.000000261. The van der Waals surface area contributed by atoms with Crippen LogP contribution in [-0.2, 0) is 0 Å². The first kappa shape index (κ1) is 11.8. The monoisotopic (exact) mass is 275 g/mol. The normalized spacial score (nSPS) is 9.17. The molecule has 1 rings (SSSR count). The van der Waals surface area contributed by atoms with Crippen molar-refractivity contribution in [2.24, 2.45) is 0 Å². The molecule has 0 unspecified atom stereocenters. The molecule has 1 aromatic heterocycles. The van der Waals surface area contributed by atoms with E-state index < -0.39 is 0 Å². The number of pyridine rings is 1. The van der Waals surface area contributed by atoms with Gasteiger partial charge in [0, 0.05) is 0 Å². The zero-order valence-corrected chi connectivity index (χ0v) is 10.4. The average molecular weight is 274 g/mol. The van der Waals surface area contributed by atoms with Gasteiger partial charge in [-0.1, -0.05) is 0 Å². The van der Waals surface area contributed by atoms with Crippen molar-refractivity contribution in [3.8, 4) is 0 Å². The van der Waals surface area contributed by atoms with Crippen LogP contribution in [0.5, 0.6) is 0 Å².